The molecule has 2 aromatic carbocycles. The molecule has 0 saturated carbocycles. The summed E-state index contributed by atoms with van der Waals surface area (Å²) >= 11 is 0. The lowest BCUT2D eigenvalue weighted by atomic mass is 10.0. The first kappa shape index (κ1) is 25.5. The average Bonchev–Trinajstić information content (AvgIpc) is 2.77. The standard InChI is InChI=1S/C24H32O7S/c1-4-5-15-32(27,28)31-22-13-10-19(17-23(22)29-2)8-6-7-18-9-11-20(21(25)16-18)12-14-24(26)30-3/h9-11,13,16-17,25H,4-8,12,14-15H2,1-3H3. The number of rotatable bonds is 13. The van der Waals surface area contributed by atoms with Crippen molar-refractivity contribution >= 4 is 16.1 Å². The van der Waals surface area contributed by atoms with Crippen molar-refractivity contribution < 1.29 is 32.0 Å². The van der Waals surface area contributed by atoms with Gasteiger partial charge in [0.05, 0.1) is 20.0 Å². The number of hydrogen-bond acceptors (Lipinski definition) is 7. The quantitative estimate of drug-likeness (QED) is 0.350. The predicted octanol–water partition coefficient (Wildman–Crippen LogP) is 4.19. The van der Waals surface area contributed by atoms with Crippen LogP contribution >= 0.6 is 0 Å². The van der Waals surface area contributed by atoms with Crippen molar-refractivity contribution in [1.82, 2.24) is 0 Å². The average molecular weight is 465 g/mol. The molecule has 7 nitrogen and oxygen atoms in total. The van der Waals surface area contributed by atoms with Crippen LogP contribution in [0.5, 0.6) is 17.2 Å². The minimum atomic E-state index is -3.64. The van der Waals surface area contributed by atoms with Crippen LogP contribution in [0.15, 0.2) is 36.4 Å². The normalized spacial score (nSPS) is 11.2. The fourth-order valence-electron chi connectivity index (χ4n) is 3.25. The molecule has 8 heteroatoms. The smallest absolute Gasteiger partial charge is 0.309 e. The first-order valence-electron chi connectivity index (χ1n) is 10.7. The van der Waals surface area contributed by atoms with Gasteiger partial charge < -0.3 is 18.8 Å². The summed E-state index contributed by atoms with van der Waals surface area (Å²) in [5, 5.41) is 10.2. The van der Waals surface area contributed by atoms with Crippen LogP contribution in [0, 0.1) is 0 Å². The SMILES string of the molecule is CCCCS(=O)(=O)Oc1ccc(CCCc2ccc(CCC(=O)OC)c(O)c2)cc1OC. The number of ether oxygens (including phenoxy) is 2. The van der Waals surface area contributed by atoms with Crippen molar-refractivity contribution in [3.05, 3.63) is 53.1 Å². The summed E-state index contributed by atoms with van der Waals surface area (Å²) in [6, 6.07) is 10.8. The summed E-state index contributed by atoms with van der Waals surface area (Å²) in [7, 11) is -0.817. The van der Waals surface area contributed by atoms with Crippen LogP contribution in [0.3, 0.4) is 0 Å². The Hall–Kier alpha value is -2.74. The third-order valence-electron chi connectivity index (χ3n) is 5.10. The molecule has 0 unspecified atom stereocenters. The van der Waals surface area contributed by atoms with Crippen LogP contribution in [-0.2, 0) is 38.9 Å². The highest BCUT2D eigenvalue weighted by Gasteiger charge is 2.16. The second-order valence-corrected chi connectivity index (χ2v) is 9.27. The van der Waals surface area contributed by atoms with E-state index in [1.54, 1.807) is 18.2 Å². The fourth-order valence-corrected chi connectivity index (χ4v) is 4.38. The summed E-state index contributed by atoms with van der Waals surface area (Å²) in [6.45, 7) is 1.92. The van der Waals surface area contributed by atoms with Gasteiger partial charge in [0.15, 0.2) is 11.5 Å². The van der Waals surface area contributed by atoms with E-state index in [4.69, 9.17) is 8.92 Å². The largest absolute Gasteiger partial charge is 0.508 e. The van der Waals surface area contributed by atoms with Gasteiger partial charge in [0, 0.05) is 6.42 Å². The third kappa shape index (κ3) is 8.07. The van der Waals surface area contributed by atoms with Gasteiger partial charge >= 0.3 is 16.1 Å². The Morgan fingerprint density at radius 1 is 0.938 bits per heavy atom. The van der Waals surface area contributed by atoms with E-state index in [1.807, 2.05) is 25.1 Å². The monoisotopic (exact) mass is 464 g/mol. The highest BCUT2D eigenvalue weighted by atomic mass is 32.2. The van der Waals surface area contributed by atoms with E-state index in [0.717, 1.165) is 36.8 Å². The summed E-state index contributed by atoms with van der Waals surface area (Å²) in [5.74, 6) is 0.427. The van der Waals surface area contributed by atoms with Gasteiger partial charge in [-0.25, -0.2) is 0 Å². The Morgan fingerprint density at radius 2 is 1.62 bits per heavy atom. The zero-order valence-corrected chi connectivity index (χ0v) is 19.7. The molecule has 0 bridgehead atoms. The molecule has 0 fully saturated rings. The molecule has 0 saturated heterocycles. The lowest BCUT2D eigenvalue weighted by Gasteiger charge is -2.12. The second-order valence-electron chi connectivity index (χ2n) is 7.58. The molecular weight excluding hydrogens is 432 g/mol. The maximum Gasteiger partial charge on any atom is 0.309 e. The molecule has 0 aliphatic carbocycles. The number of carbonyl (C=O) groups is 1. The molecule has 0 spiro atoms. The number of phenolic OH excluding ortho intramolecular Hbond substituents is 1. The summed E-state index contributed by atoms with van der Waals surface area (Å²) in [5.41, 5.74) is 2.71. The van der Waals surface area contributed by atoms with Crippen LogP contribution in [0.25, 0.3) is 0 Å². The Morgan fingerprint density at radius 3 is 2.25 bits per heavy atom. The van der Waals surface area contributed by atoms with Crippen LogP contribution < -0.4 is 8.92 Å². The van der Waals surface area contributed by atoms with Crippen LogP contribution in [0.4, 0.5) is 0 Å². The number of carbonyl (C=O) groups excluding carboxylic acids is 1. The van der Waals surface area contributed by atoms with Crippen LogP contribution in [0.1, 0.15) is 49.3 Å². The first-order chi connectivity index (χ1) is 15.3. The number of hydrogen-bond donors (Lipinski definition) is 1. The predicted molar refractivity (Wildman–Crippen MR) is 123 cm³/mol. The lowest BCUT2D eigenvalue weighted by molar-refractivity contribution is -0.140. The molecule has 2 rings (SSSR count). The molecule has 176 valence electrons. The summed E-state index contributed by atoms with van der Waals surface area (Å²) in [4.78, 5) is 11.3. The number of unbranched alkanes of at least 4 members (excludes halogenated alkanes) is 1. The maximum atomic E-state index is 12.1. The van der Waals surface area contributed by atoms with E-state index in [9.17, 15) is 18.3 Å². The van der Waals surface area contributed by atoms with E-state index >= 15 is 0 Å². The molecule has 0 aliphatic rings. The van der Waals surface area contributed by atoms with Gasteiger partial charge in [-0.05, 0) is 67.0 Å². The Labute approximate surface area is 190 Å². The highest BCUT2D eigenvalue weighted by Crippen LogP contribution is 2.30. The van der Waals surface area contributed by atoms with E-state index < -0.39 is 10.1 Å². The van der Waals surface area contributed by atoms with Crippen molar-refractivity contribution in [2.75, 3.05) is 20.0 Å². The second kappa shape index (κ2) is 12.3. The van der Waals surface area contributed by atoms with Crippen molar-refractivity contribution in [2.45, 2.75) is 51.9 Å². The molecule has 0 amide bonds. The van der Waals surface area contributed by atoms with E-state index in [2.05, 4.69) is 4.74 Å². The Kier molecular flexibility index (Phi) is 9.84. The summed E-state index contributed by atoms with van der Waals surface area (Å²) in [6.07, 6.45) is 4.32. The fraction of sp³-hybridized carbons (Fsp3) is 0.458. The number of methoxy groups -OCH3 is 2. The van der Waals surface area contributed by atoms with E-state index in [1.165, 1.54) is 14.2 Å². The van der Waals surface area contributed by atoms with Crippen molar-refractivity contribution in [1.29, 1.82) is 0 Å². The topological polar surface area (TPSA) is 99.1 Å². The lowest BCUT2D eigenvalue weighted by Crippen LogP contribution is -2.14. The van der Waals surface area contributed by atoms with E-state index in [-0.39, 0.29) is 29.6 Å². The third-order valence-corrected chi connectivity index (χ3v) is 6.32. The van der Waals surface area contributed by atoms with Gasteiger partial charge in [-0.15, -0.1) is 0 Å². The van der Waals surface area contributed by atoms with Crippen LogP contribution in [-0.4, -0.2) is 39.5 Å². The van der Waals surface area contributed by atoms with Gasteiger partial charge in [0.1, 0.15) is 5.75 Å². The van der Waals surface area contributed by atoms with Crippen molar-refractivity contribution in [2.24, 2.45) is 0 Å². The van der Waals surface area contributed by atoms with Gasteiger partial charge in [-0.2, -0.15) is 8.42 Å². The molecule has 32 heavy (non-hydrogen) atoms. The van der Waals surface area contributed by atoms with Gasteiger partial charge in [-0.3, -0.25) is 4.79 Å². The van der Waals surface area contributed by atoms with Gasteiger partial charge in [-0.1, -0.05) is 31.5 Å². The minimum absolute atomic E-state index is 0.0251. The van der Waals surface area contributed by atoms with Crippen molar-refractivity contribution in [3.63, 3.8) is 0 Å². The molecule has 0 aliphatic heterocycles. The molecule has 0 atom stereocenters. The molecule has 0 radical (unpaired) electrons. The molecule has 0 heterocycles. The molecule has 1 N–H and O–H groups in total. The number of esters is 1. The summed E-state index contributed by atoms with van der Waals surface area (Å²) < 4.78 is 39.3. The van der Waals surface area contributed by atoms with E-state index in [0.29, 0.717) is 24.2 Å². The zero-order chi connectivity index (χ0) is 23.6. The number of aromatic hydroxyl groups is 1. The highest BCUT2D eigenvalue weighted by molar-refractivity contribution is 7.87. The maximum absolute atomic E-state index is 12.1. The Bertz CT molecular complexity index is 999. The first-order valence-corrected chi connectivity index (χ1v) is 12.3. The zero-order valence-electron chi connectivity index (χ0n) is 18.9. The number of aryl methyl sites for hydroxylation is 3. The van der Waals surface area contributed by atoms with Crippen LogP contribution in [0.2, 0.25) is 0 Å². The van der Waals surface area contributed by atoms with Gasteiger partial charge in [0.25, 0.3) is 0 Å². The number of phenols is 1. The Balaban J connectivity index is 1.94. The minimum Gasteiger partial charge on any atom is -0.508 e. The number of benzene rings is 2. The molecular formula is C24H32O7S. The molecule has 0 aromatic heterocycles. The molecule has 2 aromatic rings. The van der Waals surface area contributed by atoms with Gasteiger partial charge in [0.2, 0.25) is 0 Å². The van der Waals surface area contributed by atoms with Crippen molar-refractivity contribution in [3.8, 4) is 17.2 Å².